The molecule has 1 N–H and O–H groups in total. The summed E-state index contributed by atoms with van der Waals surface area (Å²) in [6.07, 6.45) is 0.866. The highest BCUT2D eigenvalue weighted by molar-refractivity contribution is 5.80. The molecule has 2 heterocycles. The van der Waals surface area contributed by atoms with E-state index >= 15 is 0 Å². The lowest BCUT2D eigenvalue weighted by atomic mass is 10.1. The highest BCUT2D eigenvalue weighted by Crippen LogP contribution is 2.20. The number of nitrogens with zero attached hydrogens (tertiary/aromatic N) is 5. The molecule has 2 aromatic heterocycles. The van der Waals surface area contributed by atoms with Gasteiger partial charge in [-0.25, -0.2) is 4.99 Å². The van der Waals surface area contributed by atoms with Gasteiger partial charge in [-0.2, -0.15) is 0 Å². The van der Waals surface area contributed by atoms with E-state index in [9.17, 15) is 0 Å². The van der Waals surface area contributed by atoms with Crippen LogP contribution in [0.2, 0.25) is 0 Å². The van der Waals surface area contributed by atoms with E-state index in [4.69, 9.17) is 14.1 Å². The van der Waals surface area contributed by atoms with Crippen molar-refractivity contribution in [1.29, 1.82) is 0 Å². The fourth-order valence-electron chi connectivity index (χ4n) is 3.58. The molecule has 0 saturated heterocycles. The van der Waals surface area contributed by atoms with E-state index in [2.05, 4.69) is 44.7 Å². The Labute approximate surface area is 193 Å². The Bertz CT molecular complexity index is 1190. The first-order valence-electron chi connectivity index (χ1n) is 11.0. The van der Waals surface area contributed by atoms with E-state index in [-0.39, 0.29) is 0 Å². The number of hydrogen-bond acceptors (Lipinski definition) is 5. The van der Waals surface area contributed by atoms with Crippen molar-refractivity contribution in [2.45, 2.75) is 26.4 Å². The summed E-state index contributed by atoms with van der Waals surface area (Å²) >= 11 is 0. The van der Waals surface area contributed by atoms with Gasteiger partial charge in [0, 0.05) is 26.0 Å². The third kappa shape index (κ3) is 5.52. The molecule has 0 bridgehead atoms. The summed E-state index contributed by atoms with van der Waals surface area (Å²) in [6.45, 7) is 3.71. The maximum absolute atomic E-state index is 6.01. The van der Waals surface area contributed by atoms with Crippen molar-refractivity contribution < 1.29 is 9.15 Å². The van der Waals surface area contributed by atoms with Crippen LogP contribution in [0, 0.1) is 6.92 Å². The van der Waals surface area contributed by atoms with Gasteiger partial charge in [-0.05, 0) is 43.2 Å². The molecule has 0 spiro atoms. The van der Waals surface area contributed by atoms with Crippen LogP contribution in [0.5, 0.6) is 5.75 Å². The third-order valence-corrected chi connectivity index (χ3v) is 5.64. The minimum atomic E-state index is 0.437. The Morgan fingerprint density at radius 2 is 1.94 bits per heavy atom. The first kappa shape index (κ1) is 22.4. The minimum Gasteiger partial charge on any atom is -0.497 e. The van der Waals surface area contributed by atoms with Gasteiger partial charge < -0.3 is 23.9 Å². The molecule has 4 rings (SSSR count). The van der Waals surface area contributed by atoms with Gasteiger partial charge in [0.25, 0.3) is 0 Å². The van der Waals surface area contributed by atoms with Gasteiger partial charge in [0.15, 0.2) is 11.8 Å². The Morgan fingerprint density at radius 3 is 2.64 bits per heavy atom. The molecule has 0 aliphatic rings. The molecule has 4 aromatic rings. The van der Waals surface area contributed by atoms with Crippen LogP contribution in [0.15, 0.2) is 64.0 Å². The quantitative estimate of drug-likeness (QED) is 0.328. The average Bonchev–Trinajstić information content (AvgIpc) is 3.38. The summed E-state index contributed by atoms with van der Waals surface area (Å²) in [7, 11) is 5.64. The Balaban J connectivity index is 1.46. The molecule has 0 aliphatic heterocycles. The van der Waals surface area contributed by atoms with Crippen LogP contribution < -0.4 is 10.1 Å². The summed E-state index contributed by atoms with van der Waals surface area (Å²) in [5.41, 5.74) is 2.12. The van der Waals surface area contributed by atoms with E-state index in [0.717, 1.165) is 53.1 Å². The van der Waals surface area contributed by atoms with Gasteiger partial charge in [-0.1, -0.05) is 30.3 Å². The first-order valence-corrected chi connectivity index (χ1v) is 11.0. The van der Waals surface area contributed by atoms with E-state index in [1.165, 1.54) is 5.56 Å². The van der Waals surface area contributed by atoms with Gasteiger partial charge in [0.05, 0.1) is 13.7 Å². The molecule has 0 aliphatic carbocycles. The second-order valence-corrected chi connectivity index (χ2v) is 7.99. The summed E-state index contributed by atoms with van der Waals surface area (Å²) in [4.78, 5) is 6.89. The first-order chi connectivity index (χ1) is 16.0. The standard InChI is InChI=1S/C25H30N6O2/c1-18-28-29-24(31(18)3)16-27-25(26-14-13-19-9-11-21(32-4)12-10-19)30(2)17-22-15-20-7-5-6-8-23(20)33-22/h5-12,15H,13-14,16-17H2,1-4H3,(H,26,27). The van der Waals surface area contributed by atoms with Crippen LogP contribution in [-0.2, 0) is 26.6 Å². The number of ether oxygens (including phenoxy) is 1. The van der Waals surface area contributed by atoms with E-state index in [1.54, 1.807) is 7.11 Å². The fourth-order valence-corrected chi connectivity index (χ4v) is 3.58. The Hall–Kier alpha value is -3.81. The molecule has 0 unspecified atom stereocenters. The second kappa shape index (κ2) is 10.2. The van der Waals surface area contributed by atoms with Gasteiger partial charge in [-0.15, -0.1) is 10.2 Å². The second-order valence-electron chi connectivity index (χ2n) is 7.99. The molecule has 8 heteroatoms. The summed E-state index contributed by atoms with van der Waals surface area (Å²) in [5, 5.41) is 13.0. The smallest absolute Gasteiger partial charge is 0.194 e. The topological polar surface area (TPSA) is 80.7 Å². The number of aryl methyl sites for hydroxylation is 1. The SMILES string of the molecule is COc1ccc(CCNC(=NCc2nnc(C)n2C)N(C)Cc2cc3ccccc3o2)cc1. The van der Waals surface area contributed by atoms with E-state index < -0.39 is 0 Å². The molecular weight excluding hydrogens is 416 g/mol. The lowest BCUT2D eigenvalue weighted by molar-refractivity contribution is 0.411. The Kier molecular flexibility index (Phi) is 6.92. The van der Waals surface area contributed by atoms with Crippen molar-refractivity contribution >= 4 is 16.9 Å². The van der Waals surface area contributed by atoms with Gasteiger partial charge in [-0.3, -0.25) is 0 Å². The Morgan fingerprint density at radius 1 is 1.15 bits per heavy atom. The molecule has 0 saturated carbocycles. The molecule has 0 fully saturated rings. The maximum Gasteiger partial charge on any atom is 0.194 e. The molecule has 2 aromatic carbocycles. The van der Waals surface area contributed by atoms with Crippen LogP contribution >= 0.6 is 0 Å². The highest BCUT2D eigenvalue weighted by Gasteiger charge is 2.12. The minimum absolute atomic E-state index is 0.437. The molecule has 172 valence electrons. The zero-order valence-electron chi connectivity index (χ0n) is 19.6. The fraction of sp³-hybridized carbons (Fsp3) is 0.320. The molecule has 0 atom stereocenters. The van der Waals surface area contributed by atoms with E-state index in [1.807, 2.05) is 55.9 Å². The van der Waals surface area contributed by atoms with Crippen molar-refractivity contribution in [2.75, 3.05) is 20.7 Å². The summed E-state index contributed by atoms with van der Waals surface area (Å²) < 4.78 is 13.2. The molecular formula is C25H30N6O2. The molecule has 33 heavy (non-hydrogen) atoms. The number of benzene rings is 2. The number of fused-ring (bicyclic) bond motifs is 1. The zero-order valence-corrected chi connectivity index (χ0v) is 19.6. The lowest BCUT2D eigenvalue weighted by Gasteiger charge is -2.21. The van der Waals surface area contributed by atoms with Gasteiger partial charge in [0.1, 0.15) is 29.5 Å². The number of nitrogens with one attached hydrogen (secondary N) is 1. The predicted octanol–water partition coefficient (Wildman–Crippen LogP) is 3.70. The number of aliphatic imine (C=N–C) groups is 1. The summed E-state index contributed by atoms with van der Waals surface area (Å²) in [6, 6.07) is 18.2. The van der Waals surface area contributed by atoms with Crippen LogP contribution in [0.1, 0.15) is 23.0 Å². The van der Waals surface area contributed by atoms with Crippen molar-refractivity contribution in [2.24, 2.45) is 12.0 Å². The van der Waals surface area contributed by atoms with Crippen molar-refractivity contribution in [3.63, 3.8) is 0 Å². The number of furan rings is 1. The monoisotopic (exact) mass is 446 g/mol. The van der Waals surface area contributed by atoms with Crippen LogP contribution in [0.25, 0.3) is 11.0 Å². The number of hydrogen-bond donors (Lipinski definition) is 1. The number of guanidine groups is 1. The summed E-state index contributed by atoms with van der Waals surface area (Å²) in [5.74, 6) is 4.21. The van der Waals surface area contributed by atoms with Gasteiger partial charge in [0.2, 0.25) is 0 Å². The number of methoxy groups -OCH3 is 1. The van der Waals surface area contributed by atoms with E-state index in [0.29, 0.717) is 13.1 Å². The van der Waals surface area contributed by atoms with Crippen molar-refractivity contribution in [3.8, 4) is 5.75 Å². The largest absolute Gasteiger partial charge is 0.497 e. The average molecular weight is 447 g/mol. The van der Waals surface area contributed by atoms with Gasteiger partial charge >= 0.3 is 0 Å². The van der Waals surface area contributed by atoms with Crippen LogP contribution in [0.4, 0.5) is 0 Å². The van der Waals surface area contributed by atoms with Crippen LogP contribution in [-0.4, -0.2) is 46.3 Å². The normalized spacial score (nSPS) is 11.7. The molecule has 0 amide bonds. The van der Waals surface area contributed by atoms with Crippen LogP contribution in [0.3, 0.4) is 0 Å². The number of rotatable bonds is 8. The third-order valence-electron chi connectivity index (χ3n) is 5.64. The zero-order chi connectivity index (χ0) is 23.2. The maximum atomic E-state index is 6.01. The molecule has 8 nitrogen and oxygen atoms in total. The number of aromatic nitrogens is 3. The highest BCUT2D eigenvalue weighted by atomic mass is 16.5. The molecule has 0 radical (unpaired) electrons. The number of para-hydroxylation sites is 1. The van der Waals surface area contributed by atoms with Crippen molar-refractivity contribution in [3.05, 3.63) is 77.6 Å². The lowest BCUT2D eigenvalue weighted by Crippen LogP contribution is -2.39. The van der Waals surface area contributed by atoms with Crippen molar-refractivity contribution in [1.82, 2.24) is 25.0 Å². The predicted molar refractivity (Wildman–Crippen MR) is 129 cm³/mol.